The molecule has 0 unspecified atom stereocenters. The first kappa shape index (κ1) is 10.6. The Morgan fingerprint density at radius 3 is 2.93 bits per heavy atom. The van der Waals surface area contributed by atoms with Crippen molar-refractivity contribution in [3.8, 4) is 0 Å². The first-order chi connectivity index (χ1) is 7.16. The molecular weight excluding hydrogens is 188 g/mol. The van der Waals surface area contributed by atoms with Gasteiger partial charge >= 0.3 is 0 Å². The fraction of sp³-hybridized carbons (Fsp3) is 0.727. The highest BCUT2D eigenvalue weighted by Crippen LogP contribution is 2.23. The van der Waals surface area contributed by atoms with Gasteiger partial charge in [0.05, 0.1) is 6.33 Å². The van der Waals surface area contributed by atoms with Gasteiger partial charge in [-0.25, -0.2) is 4.98 Å². The molecule has 4 heteroatoms. The highest BCUT2D eigenvalue weighted by Gasteiger charge is 2.31. The number of aromatic amines is 1. The van der Waals surface area contributed by atoms with E-state index in [9.17, 15) is 0 Å². The van der Waals surface area contributed by atoms with E-state index in [-0.39, 0.29) is 0 Å². The van der Waals surface area contributed by atoms with Crippen molar-refractivity contribution in [2.45, 2.75) is 26.4 Å². The molecule has 1 aromatic rings. The fourth-order valence-electron chi connectivity index (χ4n) is 2.39. The summed E-state index contributed by atoms with van der Waals surface area (Å²) in [6.45, 7) is 7.56. The van der Waals surface area contributed by atoms with Gasteiger partial charge in [0.15, 0.2) is 0 Å². The predicted octanol–water partition coefficient (Wildman–Crippen LogP) is 0.825. The van der Waals surface area contributed by atoms with Crippen LogP contribution in [0.25, 0.3) is 0 Å². The van der Waals surface area contributed by atoms with Gasteiger partial charge in [-0.2, -0.15) is 0 Å². The van der Waals surface area contributed by atoms with E-state index in [1.807, 2.05) is 6.20 Å². The van der Waals surface area contributed by atoms with Crippen LogP contribution in [0.1, 0.15) is 19.5 Å². The van der Waals surface area contributed by atoms with Crippen LogP contribution in [0.15, 0.2) is 12.5 Å². The lowest BCUT2D eigenvalue weighted by atomic mass is 9.92. The van der Waals surface area contributed by atoms with Crippen LogP contribution in [-0.4, -0.2) is 34.0 Å². The van der Waals surface area contributed by atoms with Crippen molar-refractivity contribution in [3.63, 3.8) is 0 Å². The van der Waals surface area contributed by atoms with Gasteiger partial charge in [-0.3, -0.25) is 4.90 Å². The highest BCUT2D eigenvalue weighted by molar-refractivity contribution is 4.97. The minimum Gasteiger partial charge on any atom is -0.347 e. The predicted molar refractivity (Wildman–Crippen MR) is 60.2 cm³/mol. The van der Waals surface area contributed by atoms with Gasteiger partial charge < -0.3 is 10.7 Å². The Morgan fingerprint density at radius 2 is 2.40 bits per heavy atom. The van der Waals surface area contributed by atoms with Crippen molar-refractivity contribution in [1.29, 1.82) is 0 Å². The third kappa shape index (κ3) is 2.38. The van der Waals surface area contributed by atoms with E-state index >= 15 is 0 Å². The maximum Gasteiger partial charge on any atom is 0.0922 e. The largest absolute Gasteiger partial charge is 0.347 e. The fourth-order valence-corrected chi connectivity index (χ4v) is 2.39. The smallest absolute Gasteiger partial charge is 0.0922 e. The van der Waals surface area contributed by atoms with E-state index in [2.05, 4.69) is 28.7 Å². The van der Waals surface area contributed by atoms with Crippen LogP contribution in [-0.2, 0) is 6.54 Å². The molecule has 0 spiro atoms. The Bertz CT molecular complexity index is 294. The average Bonchev–Trinajstić information content (AvgIpc) is 2.75. The van der Waals surface area contributed by atoms with Gasteiger partial charge in [0.2, 0.25) is 0 Å². The van der Waals surface area contributed by atoms with Crippen LogP contribution < -0.4 is 5.73 Å². The minimum atomic E-state index is 0.327. The van der Waals surface area contributed by atoms with Crippen LogP contribution in [0, 0.1) is 11.8 Å². The number of nitrogens with one attached hydrogen (secondary N) is 1. The molecule has 0 bridgehead atoms. The summed E-state index contributed by atoms with van der Waals surface area (Å²) < 4.78 is 0. The van der Waals surface area contributed by atoms with Gasteiger partial charge in [0, 0.05) is 37.6 Å². The minimum absolute atomic E-state index is 0.327. The number of nitrogens with zero attached hydrogens (tertiary/aromatic N) is 2. The van der Waals surface area contributed by atoms with Crippen molar-refractivity contribution in [2.75, 3.05) is 13.1 Å². The maximum atomic E-state index is 6.13. The molecular formula is C11H20N4. The number of imidazole rings is 1. The Kier molecular flexibility index (Phi) is 3.07. The van der Waals surface area contributed by atoms with Crippen LogP contribution in [0.4, 0.5) is 0 Å². The summed E-state index contributed by atoms with van der Waals surface area (Å²) in [5.74, 6) is 1.31. The molecule has 0 aliphatic carbocycles. The quantitative estimate of drug-likeness (QED) is 0.773. The molecule has 2 atom stereocenters. The molecule has 0 amide bonds. The zero-order valence-electron chi connectivity index (χ0n) is 9.48. The van der Waals surface area contributed by atoms with Gasteiger partial charge in [-0.1, -0.05) is 13.8 Å². The number of hydrogen-bond donors (Lipinski definition) is 2. The third-order valence-electron chi connectivity index (χ3n) is 3.29. The molecule has 0 radical (unpaired) electrons. The zero-order chi connectivity index (χ0) is 10.8. The van der Waals surface area contributed by atoms with Gasteiger partial charge in [0.25, 0.3) is 0 Å². The summed E-state index contributed by atoms with van der Waals surface area (Å²) in [4.78, 5) is 9.56. The van der Waals surface area contributed by atoms with Crippen molar-refractivity contribution in [2.24, 2.45) is 17.6 Å². The molecule has 2 rings (SSSR count). The average molecular weight is 208 g/mol. The molecule has 0 saturated carbocycles. The molecule has 4 nitrogen and oxygen atoms in total. The zero-order valence-corrected chi connectivity index (χ0v) is 9.48. The van der Waals surface area contributed by atoms with Crippen LogP contribution in [0.2, 0.25) is 0 Å². The number of rotatable bonds is 3. The van der Waals surface area contributed by atoms with E-state index < -0.39 is 0 Å². The SMILES string of the molecule is CC(C)[C@@H]1CN(Cc2cnc[nH]2)C[C@H]1N. The van der Waals surface area contributed by atoms with Gasteiger partial charge in [-0.05, 0) is 11.8 Å². The molecule has 2 heterocycles. The lowest BCUT2D eigenvalue weighted by Crippen LogP contribution is -2.32. The van der Waals surface area contributed by atoms with E-state index in [0.717, 1.165) is 19.6 Å². The summed E-state index contributed by atoms with van der Waals surface area (Å²) in [5, 5.41) is 0. The van der Waals surface area contributed by atoms with Gasteiger partial charge in [0.1, 0.15) is 0 Å². The van der Waals surface area contributed by atoms with E-state index in [0.29, 0.717) is 17.9 Å². The summed E-state index contributed by atoms with van der Waals surface area (Å²) in [5.41, 5.74) is 7.30. The molecule has 84 valence electrons. The molecule has 1 aliphatic heterocycles. The third-order valence-corrected chi connectivity index (χ3v) is 3.29. The van der Waals surface area contributed by atoms with E-state index in [4.69, 9.17) is 5.73 Å². The normalized spacial score (nSPS) is 27.7. The molecule has 1 fully saturated rings. The van der Waals surface area contributed by atoms with Crippen molar-refractivity contribution < 1.29 is 0 Å². The van der Waals surface area contributed by atoms with Crippen molar-refractivity contribution in [3.05, 3.63) is 18.2 Å². The Balaban J connectivity index is 1.92. The second kappa shape index (κ2) is 4.33. The van der Waals surface area contributed by atoms with E-state index in [1.54, 1.807) is 6.33 Å². The van der Waals surface area contributed by atoms with Crippen LogP contribution >= 0.6 is 0 Å². The number of hydrogen-bond acceptors (Lipinski definition) is 3. The maximum absolute atomic E-state index is 6.13. The first-order valence-corrected chi connectivity index (χ1v) is 5.62. The second-order valence-electron chi connectivity index (χ2n) is 4.84. The summed E-state index contributed by atoms with van der Waals surface area (Å²) in [6, 6.07) is 0.327. The van der Waals surface area contributed by atoms with Gasteiger partial charge in [-0.15, -0.1) is 0 Å². The summed E-state index contributed by atoms with van der Waals surface area (Å²) in [6.07, 6.45) is 3.61. The Hall–Kier alpha value is -0.870. The number of aromatic nitrogens is 2. The molecule has 1 saturated heterocycles. The highest BCUT2D eigenvalue weighted by atomic mass is 15.2. The summed E-state index contributed by atoms with van der Waals surface area (Å²) >= 11 is 0. The van der Waals surface area contributed by atoms with Crippen LogP contribution in [0.5, 0.6) is 0 Å². The number of nitrogens with two attached hydrogens (primary N) is 1. The lowest BCUT2D eigenvalue weighted by Gasteiger charge is -2.18. The topological polar surface area (TPSA) is 57.9 Å². The molecule has 3 N–H and O–H groups in total. The Morgan fingerprint density at radius 1 is 1.60 bits per heavy atom. The van der Waals surface area contributed by atoms with Crippen LogP contribution in [0.3, 0.4) is 0 Å². The monoisotopic (exact) mass is 208 g/mol. The van der Waals surface area contributed by atoms with E-state index in [1.165, 1.54) is 5.69 Å². The first-order valence-electron chi connectivity index (χ1n) is 5.62. The Labute approximate surface area is 90.9 Å². The van der Waals surface area contributed by atoms with Crippen molar-refractivity contribution in [1.82, 2.24) is 14.9 Å². The molecule has 15 heavy (non-hydrogen) atoms. The molecule has 0 aromatic carbocycles. The van der Waals surface area contributed by atoms with Crippen molar-refractivity contribution >= 4 is 0 Å². The number of H-pyrrole nitrogens is 1. The molecule has 1 aromatic heterocycles. The standard InChI is InChI=1S/C11H20N4/c1-8(2)10-5-15(6-11(10)12)4-9-3-13-7-14-9/h3,7-8,10-11H,4-6,12H2,1-2H3,(H,13,14)/t10-,11+/m0/s1. The number of likely N-dealkylation sites (tertiary alicyclic amines) is 1. The lowest BCUT2D eigenvalue weighted by molar-refractivity contribution is 0.294. The second-order valence-corrected chi connectivity index (χ2v) is 4.84. The summed E-state index contributed by atoms with van der Waals surface area (Å²) in [7, 11) is 0. The molecule has 1 aliphatic rings.